The Morgan fingerprint density at radius 3 is 2.50 bits per heavy atom. The van der Waals surface area contributed by atoms with Gasteiger partial charge < -0.3 is 5.11 Å². The van der Waals surface area contributed by atoms with Crippen LogP contribution in [-0.2, 0) is 10.0 Å². The van der Waals surface area contributed by atoms with Crippen LogP contribution in [0.25, 0.3) is 0 Å². The summed E-state index contributed by atoms with van der Waals surface area (Å²) in [5.74, 6) is 0. The third-order valence-corrected chi connectivity index (χ3v) is 4.32. The van der Waals surface area contributed by atoms with Gasteiger partial charge in [-0.25, -0.2) is 13.1 Å². The van der Waals surface area contributed by atoms with Gasteiger partial charge >= 0.3 is 0 Å². The molecule has 5 nitrogen and oxygen atoms in total. The number of pyridine rings is 1. The first-order chi connectivity index (χ1) is 9.63. The summed E-state index contributed by atoms with van der Waals surface area (Å²) in [5, 5.41) is 9.12. The number of sulfonamides is 1. The molecule has 2 N–H and O–H groups in total. The molecule has 2 aromatic rings. The van der Waals surface area contributed by atoms with Gasteiger partial charge in [0, 0.05) is 25.0 Å². The highest BCUT2D eigenvalue weighted by Crippen LogP contribution is 2.19. The van der Waals surface area contributed by atoms with Crippen LogP contribution in [0.3, 0.4) is 0 Å². The topological polar surface area (TPSA) is 79.3 Å². The van der Waals surface area contributed by atoms with E-state index in [0.717, 1.165) is 5.56 Å². The molecule has 0 unspecified atom stereocenters. The van der Waals surface area contributed by atoms with Crippen molar-refractivity contribution in [2.45, 2.75) is 17.4 Å². The second-order valence-electron chi connectivity index (χ2n) is 4.29. The maximum absolute atomic E-state index is 12.3. The lowest BCUT2D eigenvalue weighted by molar-refractivity contribution is 0.272. The molecule has 0 amide bonds. The zero-order valence-electron chi connectivity index (χ0n) is 10.8. The first-order valence-corrected chi connectivity index (χ1v) is 7.70. The smallest absolute Gasteiger partial charge is 0.242 e. The fourth-order valence-corrected chi connectivity index (χ4v) is 3.09. The Bertz CT molecular complexity index is 630. The Labute approximate surface area is 118 Å². The summed E-state index contributed by atoms with van der Waals surface area (Å²) in [6.45, 7) is -0.102. The van der Waals surface area contributed by atoms with Crippen LogP contribution >= 0.6 is 0 Å². The maximum Gasteiger partial charge on any atom is 0.242 e. The fraction of sp³-hybridized carbons (Fsp3) is 0.214. The SMILES string of the molecule is O=S(=O)(N[C@H](CCO)c1ccccc1)c1cccnc1. The molecule has 1 heterocycles. The van der Waals surface area contributed by atoms with Gasteiger partial charge in [0.25, 0.3) is 0 Å². The normalized spacial score (nSPS) is 13.1. The molecule has 6 heteroatoms. The lowest BCUT2D eigenvalue weighted by Crippen LogP contribution is -2.29. The lowest BCUT2D eigenvalue weighted by atomic mass is 10.1. The van der Waals surface area contributed by atoms with Crippen LogP contribution in [0.1, 0.15) is 18.0 Å². The molecular formula is C14H16N2O3S. The van der Waals surface area contributed by atoms with Crippen molar-refractivity contribution in [3.05, 3.63) is 60.4 Å². The Kier molecular flexibility index (Phi) is 4.84. The second-order valence-corrected chi connectivity index (χ2v) is 6.00. The van der Waals surface area contributed by atoms with E-state index in [1.807, 2.05) is 30.3 Å². The maximum atomic E-state index is 12.3. The van der Waals surface area contributed by atoms with Crippen molar-refractivity contribution in [2.24, 2.45) is 0 Å². The zero-order chi connectivity index (χ0) is 14.4. The highest BCUT2D eigenvalue weighted by molar-refractivity contribution is 7.89. The number of nitrogens with one attached hydrogen (secondary N) is 1. The van der Waals surface area contributed by atoms with Gasteiger partial charge in [-0.2, -0.15) is 0 Å². The molecule has 0 fully saturated rings. The van der Waals surface area contributed by atoms with Crippen LogP contribution in [0.4, 0.5) is 0 Å². The average Bonchev–Trinajstić information content (AvgIpc) is 2.48. The Morgan fingerprint density at radius 1 is 1.15 bits per heavy atom. The van der Waals surface area contributed by atoms with Crippen LogP contribution < -0.4 is 4.72 Å². The molecule has 0 bridgehead atoms. The molecule has 2 rings (SSSR count). The van der Waals surface area contributed by atoms with Crippen molar-refractivity contribution in [1.29, 1.82) is 0 Å². The van der Waals surface area contributed by atoms with Gasteiger partial charge in [-0.15, -0.1) is 0 Å². The fourth-order valence-electron chi connectivity index (χ4n) is 1.87. The van der Waals surface area contributed by atoms with Crippen molar-refractivity contribution in [2.75, 3.05) is 6.61 Å². The summed E-state index contributed by atoms with van der Waals surface area (Å²) < 4.78 is 27.1. The number of aliphatic hydroxyl groups excluding tert-OH is 1. The van der Waals surface area contributed by atoms with Gasteiger partial charge in [0.15, 0.2) is 0 Å². The van der Waals surface area contributed by atoms with Crippen LogP contribution in [0.15, 0.2) is 59.8 Å². The van der Waals surface area contributed by atoms with Crippen molar-refractivity contribution in [3.63, 3.8) is 0 Å². The van der Waals surface area contributed by atoms with Crippen molar-refractivity contribution in [3.8, 4) is 0 Å². The predicted octanol–water partition coefficient (Wildman–Crippen LogP) is 1.48. The number of rotatable bonds is 6. The molecule has 1 aromatic heterocycles. The van der Waals surface area contributed by atoms with Crippen LogP contribution in [0.5, 0.6) is 0 Å². The minimum atomic E-state index is -3.65. The molecular weight excluding hydrogens is 276 g/mol. The number of benzene rings is 1. The summed E-state index contributed by atoms with van der Waals surface area (Å²) in [6, 6.07) is 11.8. The van der Waals surface area contributed by atoms with E-state index in [0.29, 0.717) is 6.42 Å². The van der Waals surface area contributed by atoms with Gasteiger partial charge in [0.05, 0.1) is 0 Å². The van der Waals surface area contributed by atoms with E-state index in [1.54, 1.807) is 6.07 Å². The first kappa shape index (κ1) is 14.6. The Morgan fingerprint density at radius 2 is 1.90 bits per heavy atom. The zero-order valence-corrected chi connectivity index (χ0v) is 11.6. The molecule has 106 valence electrons. The highest BCUT2D eigenvalue weighted by Gasteiger charge is 2.21. The van der Waals surface area contributed by atoms with E-state index >= 15 is 0 Å². The average molecular weight is 292 g/mol. The minimum Gasteiger partial charge on any atom is -0.396 e. The summed E-state index contributed by atoms with van der Waals surface area (Å²) in [7, 11) is -3.65. The van der Waals surface area contributed by atoms with Gasteiger partial charge in [0.2, 0.25) is 10.0 Å². The van der Waals surface area contributed by atoms with Crippen LogP contribution in [0, 0.1) is 0 Å². The standard InChI is InChI=1S/C14H16N2O3S/c17-10-8-14(12-5-2-1-3-6-12)16-20(18,19)13-7-4-9-15-11-13/h1-7,9,11,14,16-17H,8,10H2/t14-/m1/s1. The third-order valence-electron chi connectivity index (χ3n) is 2.86. The number of hydrogen-bond acceptors (Lipinski definition) is 4. The van der Waals surface area contributed by atoms with E-state index in [1.165, 1.54) is 18.5 Å². The Hall–Kier alpha value is -1.76. The van der Waals surface area contributed by atoms with Crippen molar-refractivity contribution >= 4 is 10.0 Å². The van der Waals surface area contributed by atoms with E-state index in [2.05, 4.69) is 9.71 Å². The quantitative estimate of drug-likeness (QED) is 0.845. The second kappa shape index (κ2) is 6.60. The minimum absolute atomic E-state index is 0.102. The molecule has 0 spiro atoms. The van der Waals surface area contributed by atoms with E-state index in [4.69, 9.17) is 5.11 Å². The first-order valence-electron chi connectivity index (χ1n) is 6.21. The van der Waals surface area contributed by atoms with E-state index in [9.17, 15) is 8.42 Å². The summed E-state index contributed by atoms with van der Waals surface area (Å²) in [5.41, 5.74) is 0.814. The third kappa shape index (κ3) is 3.63. The van der Waals surface area contributed by atoms with Gasteiger partial charge in [-0.05, 0) is 24.1 Å². The molecule has 0 saturated heterocycles. The van der Waals surface area contributed by atoms with Gasteiger partial charge in [-0.1, -0.05) is 30.3 Å². The van der Waals surface area contributed by atoms with Gasteiger partial charge in [0.1, 0.15) is 4.90 Å². The molecule has 1 atom stereocenters. The largest absolute Gasteiger partial charge is 0.396 e. The van der Waals surface area contributed by atoms with Crippen molar-refractivity contribution in [1.82, 2.24) is 9.71 Å². The number of aliphatic hydroxyl groups is 1. The number of hydrogen-bond donors (Lipinski definition) is 2. The molecule has 20 heavy (non-hydrogen) atoms. The van der Waals surface area contributed by atoms with Crippen LogP contribution in [0.2, 0.25) is 0 Å². The summed E-state index contributed by atoms with van der Waals surface area (Å²) in [4.78, 5) is 3.92. The lowest BCUT2D eigenvalue weighted by Gasteiger charge is -2.18. The monoisotopic (exact) mass is 292 g/mol. The van der Waals surface area contributed by atoms with Crippen molar-refractivity contribution < 1.29 is 13.5 Å². The molecule has 0 aliphatic carbocycles. The molecule has 0 saturated carbocycles. The summed E-state index contributed by atoms with van der Waals surface area (Å²) >= 11 is 0. The van der Waals surface area contributed by atoms with E-state index < -0.39 is 16.1 Å². The Balaban J connectivity index is 2.25. The number of aromatic nitrogens is 1. The van der Waals surface area contributed by atoms with Crippen LogP contribution in [-0.4, -0.2) is 25.1 Å². The molecule has 0 aliphatic rings. The predicted molar refractivity (Wildman–Crippen MR) is 75.4 cm³/mol. The van der Waals surface area contributed by atoms with Gasteiger partial charge in [-0.3, -0.25) is 4.98 Å². The highest BCUT2D eigenvalue weighted by atomic mass is 32.2. The molecule has 1 aromatic carbocycles. The van der Waals surface area contributed by atoms with E-state index in [-0.39, 0.29) is 11.5 Å². The summed E-state index contributed by atoms with van der Waals surface area (Å²) in [6.07, 6.45) is 3.12. The molecule has 0 aliphatic heterocycles. The number of nitrogens with zero attached hydrogens (tertiary/aromatic N) is 1. The molecule has 0 radical (unpaired) electrons.